The van der Waals surface area contributed by atoms with Gasteiger partial charge in [-0.05, 0) is 12.1 Å². The third kappa shape index (κ3) is 11.8. The number of phenolic OH excluding ortho intramolecular Hbond substituents is 1. The van der Waals surface area contributed by atoms with Crippen molar-refractivity contribution in [1.29, 1.82) is 0 Å². The maximum absolute atomic E-state index is 14.4. The highest BCUT2D eigenvalue weighted by atomic mass is 16.8. The first kappa shape index (κ1) is 47.1. The Labute approximate surface area is 345 Å². The van der Waals surface area contributed by atoms with Crippen molar-refractivity contribution in [3.05, 3.63) is 40.8 Å². The summed E-state index contributed by atoms with van der Waals surface area (Å²) in [5, 5.41) is 10.8. The van der Waals surface area contributed by atoms with E-state index in [2.05, 4.69) is 0 Å². The van der Waals surface area contributed by atoms with E-state index in [-0.39, 0.29) is 0 Å². The second-order valence-electron chi connectivity index (χ2n) is 13.4. The smallest absolute Gasteiger partial charge is 0.303 e. The quantitative estimate of drug-likeness (QED) is 0.193. The lowest BCUT2D eigenvalue weighted by molar-refractivity contribution is -0.304. The normalized spacial score (nSPS) is 27.0. The Morgan fingerprint density at radius 2 is 0.836 bits per heavy atom. The summed E-state index contributed by atoms with van der Waals surface area (Å²) >= 11 is 0. The highest BCUT2D eigenvalue weighted by Crippen LogP contribution is 2.39. The Morgan fingerprint density at radius 3 is 1.20 bits per heavy atom. The highest BCUT2D eigenvalue weighted by molar-refractivity contribution is 6.26. The van der Waals surface area contributed by atoms with E-state index in [4.69, 9.17) is 56.8 Å². The summed E-state index contributed by atoms with van der Waals surface area (Å²) in [6, 6.07) is 3.38. The molecule has 3 aliphatic rings. The van der Waals surface area contributed by atoms with Crippen molar-refractivity contribution < 1.29 is 110 Å². The van der Waals surface area contributed by atoms with Gasteiger partial charge in [-0.3, -0.25) is 47.9 Å². The number of carbonyl (C=O) groups excluding carboxylic acids is 10. The number of esters is 8. The van der Waals surface area contributed by atoms with E-state index in [9.17, 15) is 53.1 Å². The Hall–Kier alpha value is -6.62. The summed E-state index contributed by atoms with van der Waals surface area (Å²) in [6.45, 7) is 6.36. The Bertz CT molecular complexity index is 1980. The van der Waals surface area contributed by atoms with Crippen molar-refractivity contribution in [2.24, 2.45) is 0 Å². The number of hydrogen-bond donors (Lipinski definition) is 1. The monoisotopic (exact) mass is 866 g/mol. The number of ketones is 2. The predicted molar refractivity (Wildman–Crippen MR) is 190 cm³/mol. The number of carbonyl (C=O) groups is 10. The fourth-order valence-electron chi connectivity index (χ4n) is 6.42. The average molecular weight is 867 g/mol. The van der Waals surface area contributed by atoms with Crippen LogP contribution in [0.5, 0.6) is 5.75 Å². The number of rotatable bonds is 14. The fourth-order valence-corrected chi connectivity index (χ4v) is 6.42. The molecule has 2 heterocycles. The molecule has 0 spiro atoms. The number of hydrogen-bond acceptors (Lipinski definition) is 23. The molecule has 23 heteroatoms. The van der Waals surface area contributed by atoms with Gasteiger partial charge in [0.2, 0.25) is 47.9 Å². The summed E-state index contributed by atoms with van der Waals surface area (Å²) in [4.78, 5) is 127. The van der Waals surface area contributed by atoms with Crippen molar-refractivity contribution >= 4 is 59.3 Å². The number of benzene rings is 1. The number of phenols is 1. The van der Waals surface area contributed by atoms with Crippen LogP contribution in [0.25, 0.3) is 0 Å². The van der Waals surface area contributed by atoms with Gasteiger partial charge in [-0.2, -0.15) is 0 Å². The van der Waals surface area contributed by atoms with E-state index < -0.39 is 162 Å². The summed E-state index contributed by atoms with van der Waals surface area (Å²) in [7, 11) is 0. The van der Waals surface area contributed by atoms with E-state index in [1.807, 2.05) is 0 Å². The van der Waals surface area contributed by atoms with Gasteiger partial charge in [-0.25, -0.2) is 0 Å². The Morgan fingerprint density at radius 1 is 0.492 bits per heavy atom. The van der Waals surface area contributed by atoms with Gasteiger partial charge in [-0.1, -0.05) is 6.07 Å². The van der Waals surface area contributed by atoms with Crippen molar-refractivity contribution in [1.82, 2.24) is 0 Å². The van der Waals surface area contributed by atoms with E-state index >= 15 is 0 Å². The SMILES string of the molecule is CC(=O)OC[C@@H]1O[C@H](OC2=C(O[C@@H]3O[C@H](COC(C)=O)[C@@H](OC(C)=O)[C@@H](OC(C)=O)[C@@H]3OC(C)=O)C(=O)c3c(O)cccc3C2=O)[C@@H](OC(C)=O)[C@H](OC(C)=O)[C@H]1OC(C)=O. The van der Waals surface area contributed by atoms with Gasteiger partial charge in [0, 0.05) is 61.0 Å². The number of Topliss-reactive ketones (excluding diaryl/α,β-unsaturated/α-hetero) is 2. The molecule has 4 rings (SSSR count). The second kappa shape index (κ2) is 20.1. The molecule has 2 fully saturated rings. The molecular weight excluding hydrogens is 824 g/mol. The summed E-state index contributed by atoms with van der Waals surface area (Å²) < 4.78 is 66.5. The molecule has 1 aromatic rings. The topological polar surface area (TPSA) is 302 Å². The van der Waals surface area contributed by atoms with Crippen LogP contribution < -0.4 is 0 Å². The van der Waals surface area contributed by atoms with Gasteiger partial charge in [0.05, 0.1) is 5.56 Å². The van der Waals surface area contributed by atoms with Gasteiger partial charge >= 0.3 is 47.8 Å². The average Bonchev–Trinajstić information content (AvgIpc) is 3.13. The van der Waals surface area contributed by atoms with Crippen LogP contribution in [0.15, 0.2) is 29.7 Å². The molecule has 1 N–H and O–H groups in total. The van der Waals surface area contributed by atoms with Crippen molar-refractivity contribution in [3.8, 4) is 5.75 Å². The number of aromatic hydroxyl groups is 1. The molecule has 1 aliphatic carbocycles. The van der Waals surface area contributed by atoms with Crippen LogP contribution in [-0.2, 0) is 95.2 Å². The Balaban J connectivity index is 1.96. The molecule has 10 atom stereocenters. The minimum Gasteiger partial charge on any atom is -0.507 e. The molecule has 2 saturated heterocycles. The molecule has 0 saturated carbocycles. The zero-order valence-corrected chi connectivity index (χ0v) is 33.8. The van der Waals surface area contributed by atoms with Crippen molar-refractivity contribution in [2.45, 2.75) is 117 Å². The van der Waals surface area contributed by atoms with Crippen LogP contribution in [0, 0.1) is 0 Å². The molecular formula is C38H42O23. The minimum absolute atomic E-state index is 0.473. The third-order valence-corrected chi connectivity index (χ3v) is 8.50. The molecule has 2 aliphatic heterocycles. The highest BCUT2D eigenvalue weighted by Gasteiger charge is 2.57. The van der Waals surface area contributed by atoms with Crippen LogP contribution in [0.2, 0.25) is 0 Å². The standard InChI is InChI=1S/C38H42O23/c1-14(39)50-12-24-29(52-16(3)41)33(54-18(5)43)35(56-20(7)45)37(58-24)60-31-27(48)22-10-9-11-23(47)26(22)28(49)32(31)61-38-36(57-21(8)46)34(55-19(6)44)30(53-17(4)42)25(59-38)13-51-15(2)40/h9-11,24-25,29-30,33-38,47H,12-13H2,1-8H3/t24-,25+,29-,30+,33+,34+,35-,36-,37+,38-/m0/s1. The van der Waals surface area contributed by atoms with Crippen molar-refractivity contribution in [3.63, 3.8) is 0 Å². The minimum atomic E-state index is -2.14. The zero-order valence-electron chi connectivity index (χ0n) is 33.8. The number of allylic oxidation sites excluding steroid dienone is 2. The molecule has 0 amide bonds. The van der Waals surface area contributed by atoms with E-state index in [0.29, 0.717) is 0 Å². The first-order chi connectivity index (χ1) is 28.6. The maximum atomic E-state index is 14.4. The molecule has 332 valence electrons. The van der Waals surface area contributed by atoms with Crippen LogP contribution in [0.4, 0.5) is 0 Å². The van der Waals surface area contributed by atoms with Gasteiger partial charge in [-0.15, -0.1) is 0 Å². The first-order valence-electron chi connectivity index (χ1n) is 18.2. The summed E-state index contributed by atoms with van der Waals surface area (Å²) in [5.41, 5.74) is -1.11. The maximum Gasteiger partial charge on any atom is 0.303 e. The molecule has 0 bridgehead atoms. The number of ether oxygens (including phenoxy) is 12. The lowest BCUT2D eigenvalue weighted by Crippen LogP contribution is -2.63. The molecule has 0 unspecified atom stereocenters. The molecule has 61 heavy (non-hydrogen) atoms. The fraction of sp³-hybridized carbons (Fsp3) is 0.526. The van der Waals surface area contributed by atoms with Crippen LogP contribution >= 0.6 is 0 Å². The first-order valence-corrected chi connectivity index (χ1v) is 18.2. The second-order valence-corrected chi connectivity index (χ2v) is 13.4. The summed E-state index contributed by atoms with van der Waals surface area (Å²) in [5.74, 6) is -13.2. The van der Waals surface area contributed by atoms with E-state index in [1.165, 1.54) is 6.07 Å². The van der Waals surface area contributed by atoms with Crippen LogP contribution in [-0.4, -0.2) is 139 Å². The lowest BCUT2D eigenvalue weighted by atomic mass is 9.91. The van der Waals surface area contributed by atoms with Gasteiger partial charge < -0.3 is 61.9 Å². The largest absolute Gasteiger partial charge is 0.507 e. The van der Waals surface area contributed by atoms with Crippen molar-refractivity contribution in [2.75, 3.05) is 13.2 Å². The van der Waals surface area contributed by atoms with E-state index in [0.717, 1.165) is 67.5 Å². The third-order valence-electron chi connectivity index (χ3n) is 8.50. The molecule has 23 nitrogen and oxygen atoms in total. The van der Waals surface area contributed by atoms with Crippen LogP contribution in [0.1, 0.15) is 76.1 Å². The number of fused-ring (bicyclic) bond motifs is 1. The zero-order chi connectivity index (χ0) is 45.5. The van der Waals surface area contributed by atoms with Crippen LogP contribution in [0.3, 0.4) is 0 Å². The Kier molecular flexibility index (Phi) is 15.5. The van der Waals surface area contributed by atoms with Gasteiger partial charge in [0.1, 0.15) is 31.2 Å². The van der Waals surface area contributed by atoms with E-state index in [1.54, 1.807) is 0 Å². The molecule has 0 aromatic heterocycles. The molecule has 0 radical (unpaired) electrons. The predicted octanol–water partition coefficient (Wildman–Crippen LogP) is 0.182. The van der Waals surface area contributed by atoms with Gasteiger partial charge in [0.15, 0.2) is 24.4 Å². The molecule has 1 aromatic carbocycles. The van der Waals surface area contributed by atoms with Gasteiger partial charge in [0.25, 0.3) is 0 Å². The lowest BCUT2D eigenvalue weighted by Gasteiger charge is -2.45. The summed E-state index contributed by atoms with van der Waals surface area (Å²) in [6.07, 6.45) is -18.3.